The number of carbonyl (C=O) groups is 1. The second-order valence-electron chi connectivity index (χ2n) is 5.43. The molecule has 0 aromatic heterocycles. The van der Waals surface area contributed by atoms with Gasteiger partial charge in [0.15, 0.2) is 11.5 Å². The topological polar surface area (TPSA) is 47.6 Å². The maximum Gasteiger partial charge on any atom is 0.254 e. The van der Waals surface area contributed by atoms with E-state index in [0.29, 0.717) is 24.7 Å². The number of hydrogen-bond donors (Lipinski definition) is 1. The van der Waals surface area contributed by atoms with E-state index in [4.69, 9.17) is 9.47 Å². The molecule has 0 saturated heterocycles. The van der Waals surface area contributed by atoms with Gasteiger partial charge < -0.3 is 14.8 Å². The van der Waals surface area contributed by atoms with E-state index in [1.54, 1.807) is 12.1 Å². The molecule has 2 aromatic carbocycles. The number of nitrogens with one attached hydrogen (secondary N) is 1. The summed E-state index contributed by atoms with van der Waals surface area (Å²) in [6.45, 7) is 3.08. The molecule has 4 nitrogen and oxygen atoms in total. The predicted molar refractivity (Wildman–Crippen MR) is 84.3 cm³/mol. The van der Waals surface area contributed by atoms with Gasteiger partial charge in [-0.15, -0.1) is 0 Å². The highest BCUT2D eigenvalue weighted by Gasteiger charge is 2.17. The smallest absolute Gasteiger partial charge is 0.254 e. The molecule has 0 saturated carbocycles. The minimum atomic E-state index is -0.532. The van der Waals surface area contributed by atoms with Crippen molar-refractivity contribution in [1.82, 2.24) is 5.32 Å². The van der Waals surface area contributed by atoms with Gasteiger partial charge in [0, 0.05) is 6.42 Å². The van der Waals surface area contributed by atoms with E-state index in [2.05, 4.69) is 5.32 Å². The van der Waals surface area contributed by atoms with Gasteiger partial charge in [-0.1, -0.05) is 18.2 Å². The van der Waals surface area contributed by atoms with Gasteiger partial charge in [-0.3, -0.25) is 4.79 Å². The first-order valence-electron chi connectivity index (χ1n) is 7.60. The van der Waals surface area contributed by atoms with E-state index in [1.165, 1.54) is 12.1 Å². The van der Waals surface area contributed by atoms with Crippen LogP contribution in [0.25, 0.3) is 0 Å². The van der Waals surface area contributed by atoms with Gasteiger partial charge in [-0.05, 0) is 36.8 Å². The summed E-state index contributed by atoms with van der Waals surface area (Å²) in [7, 11) is 0. The lowest BCUT2D eigenvalue weighted by Crippen LogP contribution is -2.27. The zero-order chi connectivity index (χ0) is 16.2. The number of ether oxygens (including phenoxy) is 2. The third kappa shape index (κ3) is 3.44. The Bertz CT molecular complexity index is 717. The Morgan fingerprint density at radius 1 is 1.13 bits per heavy atom. The normalized spacial score (nSPS) is 14.7. The summed E-state index contributed by atoms with van der Waals surface area (Å²) in [5, 5.41) is 2.80. The minimum Gasteiger partial charge on any atom is -0.490 e. The Labute approximate surface area is 134 Å². The molecule has 0 bridgehead atoms. The van der Waals surface area contributed by atoms with E-state index in [0.717, 1.165) is 12.0 Å². The molecular weight excluding hydrogens is 297 g/mol. The fourth-order valence-electron chi connectivity index (χ4n) is 2.45. The second kappa shape index (κ2) is 6.69. The lowest BCUT2D eigenvalue weighted by molar-refractivity contribution is 0.0935. The molecule has 0 fully saturated rings. The fraction of sp³-hybridized carbons (Fsp3) is 0.278. The first-order chi connectivity index (χ1) is 11.1. The maximum absolute atomic E-state index is 13.7. The Balaban J connectivity index is 1.76. The summed E-state index contributed by atoms with van der Waals surface area (Å²) in [5.41, 5.74) is 0.910. The molecule has 23 heavy (non-hydrogen) atoms. The van der Waals surface area contributed by atoms with Crippen LogP contribution in [-0.4, -0.2) is 19.1 Å². The summed E-state index contributed by atoms with van der Waals surface area (Å²) in [6.07, 6.45) is 0.837. The fourth-order valence-corrected chi connectivity index (χ4v) is 2.45. The third-order valence-corrected chi connectivity index (χ3v) is 3.74. The average molecular weight is 315 g/mol. The van der Waals surface area contributed by atoms with Crippen LogP contribution in [0.5, 0.6) is 11.5 Å². The second-order valence-corrected chi connectivity index (χ2v) is 5.43. The van der Waals surface area contributed by atoms with Crippen LogP contribution < -0.4 is 14.8 Å². The Morgan fingerprint density at radius 3 is 2.65 bits per heavy atom. The molecule has 1 N–H and O–H groups in total. The van der Waals surface area contributed by atoms with Crippen LogP contribution in [0.2, 0.25) is 0 Å². The summed E-state index contributed by atoms with van der Waals surface area (Å²) >= 11 is 0. The van der Waals surface area contributed by atoms with Crippen molar-refractivity contribution < 1.29 is 18.7 Å². The number of carbonyl (C=O) groups excluding carboxylic acids is 1. The summed E-state index contributed by atoms with van der Waals surface area (Å²) in [4.78, 5) is 12.2. The SMILES string of the molecule is CC(NC(=O)c1ccccc1F)c1ccc2c(c1)OCCCO2. The van der Waals surface area contributed by atoms with Crippen LogP contribution in [0.3, 0.4) is 0 Å². The molecule has 0 radical (unpaired) electrons. The molecule has 0 spiro atoms. The van der Waals surface area contributed by atoms with Crippen molar-refractivity contribution in [3.63, 3.8) is 0 Å². The Morgan fingerprint density at radius 2 is 1.87 bits per heavy atom. The Hall–Kier alpha value is -2.56. The van der Waals surface area contributed by atoms with E-state index in [1.807, 2.05) is 25.1 Å². The monoisotopic (exact) mass is 315 g/mol. The number of rotatable bonds is 3. The van der Waals surface area contributed by atoms with Crippen LogP contribution >= 0.6 is 0 Å². The van der Waals surface area contributed by atoms with E-state index < -0.39 is 11.7 Å². The van der Waals surface area contributed by atoms with Gasteiger partial charge >= 0.3 is 0 Å². The molecule has 3 rings (SSSR count). The van der Waals surface area contributed by atoms with Crippen LogP contribution in [0.4, 0.5) is 4.39 Å². The standard InChI is InChI=1S/C18H18FNO3/c1-12(20-18(21)14-5-2-3-6-15(14)19)13-7-8-16-17(11-13)23-10-4-9-22-16/h2-3,5-8,11-12H,4,9-10H2,1H3,(H,20,21). The molecule has 1 unspecified atom stereocenters. The van der Waals surface area contributed by atoms with E-state index in [-0.39, 0.29) is 11.6 Å². The molecule has 1 aliphatic heterocycles. The highest BCUT2D eigenvalue weighted by atomic mass is 19.1. The summed E-state index contributed by atoms with van der Waals surface area (Å²) < 4.78 is 24.9. The van der Waals surface area contributed by atoms with Crippen LogP contribution in [0, 0.1) is 5.82 Å². The number of amides is 1. The number of benzene rings is 2. The maximum atomic E-state index is 13.7. The third-order valence-electron chi connectivity index (χ3n) is 3.74. The quantitative estimate of drug-likeness (QED) is 0.943. The summed E-state index contributed by atoms with van der Waals surface area (Å²) in [6, 6.07) is 11.2. The van der Waals surface area contributed by atoms with E-state index >= 15 is 0 Å². The van der Waals surface area contributed by atoms with Gasteiger partial charge in [0.2, 0.25) is 0 Å². The zero-order valence-corrected chi connectivity index (χ0v) is 12.8. The van der Waals surface area contributed by atoms with Crippen LogP contribution in [0.1, 0.15) is 35.3 Å². The lowest BCUT2D eigenvalue weighted by Gasteiger charge is -2.16. The van der Waals surface area contributed by atoms with Gasteiger partial charge in [-0.25, -0.2) is 4.39 Å². The van der Waals surface area contributed by atoms with Crippen molar-refractivity contribution in [3.05, 3.63) is 59.4 Å². The van der Waals surface area contributed by atoms with Gasteiger partial charge in [0.1, 0.15) is 5.82 Å². The molecule has 1 atom stereocenters. The summed E-state index contributed by atoms with van der Waals surface area (Å²) in [5.74, 6) is 0.407. The average Bonchev–Trinajstić information content (AvgIpc) is 2.79. The zero-order valence-electron chi connectivity index (χ0n) is 12.8. The van der Waals surface area contributed by atoms with Gasteiger partial charge in [0.05, 0.1) is 24.8 Å². The minimum absolute atomic E-state index is 0.0358. The van der Waals surface area contributed by atoms with Crippen LogP contribution in [-0.2, 0) is 0 Å². The van der Waals surface area contributed by atoms with Crippen LogP contribution in [0.15, 0.2) is 42.5 Å². The molecule has 1 heterocycles. The van der Waals surface area contributed by atoms with Gasteiger partial charge in [-0.2, -0.15) is 0 Å². The lowest BCUT2D eigenvalue weighted by atomic mass is 10.1. The highest BCUT2D eigenvalue weighted by molar-refractivity contribution is 5.94. The van der Waals surface area contributed by atoms with Crippen molar-refractivity contribution in [1.29, 1.82) is 0 Å². The van der Waals surface area contributed by atoms with Crippen molar-refractivity contribution in [2.45, 2.75) is 19.4 Å². The number of hydrogen-bond acceptors (Lipinski definition) is 3. The van der Waals surface area contributed by atoms with E-state index in [9.17, 15) is 9.18 Å². The Kier molecular flexibility index (Phi) is 4.46. The molecule has 5 heteroatoms. The molecule has 2 aromatic rings. The van der Waals surface area contributed by atoms with Crippen molar-refractivity contribution in [3.8, 4) is 11.5 Å². The highest BCUT2D eigenvalue weighted by Crippen LogP contribution is 2.32. The van der Waals surface area contributed by atoms with Crippen molar-refractivity contribution in [2.24, 2.45) is 0 Å². The first-order valence-corrected chi connectivity index (χ1v) is 7.60. The largest absolute Gasteiger partial charge is 0.490 e. The number of halogens is 1. The number of fused-ring (bicyclic) bond motifs is 1. The first kappa shape index (κ1) is 15.3. The molecular formula is C18H18FNO3. The van der Waals surface area contributed by atoms with Gasteiger partial charge in [0.25, 0.3) is 5.91 Å². The molecule has 0 aliphatic carbocycles. The van der Waals surface area contributed by atoms with Crippen molar-refractivity contribution >= 4 is 5.91 Å². The van der Waals surface area contributed by atoms with Crippen molar-refractivity contribution in [2.75, 3.05) is 13.2 Å². The predicted octanol–water partition coefficient (Wildman–Crippen LogP) is 3.48. The molecule has 1 amide bonds. The molecule has 1 aliphatic rings. The molecule has 120 valence electrons.